The van der Waals surface area contributed by atoms with Gasteiger partial charge in [-0.1, -0.05) is 0 Å². The Morgan fingerprint density at radius 3 is 3.18 bits per heavy atom. The first-order chi connectivity index (χ1) is 8.22. The number of rotatable bonds is 2. The molecule has 0 aliphatic carbocycles. The van der Waals surface area contributed by atoms with E-state index in [-0.39, 0.29) is 11.7 Å². The predicted octanol–water partition coefficient (Wildman–Crippen LogP) is 0.598. The number of nitrogens with two attached hydrogens (primary N) is 1. The van der Waals surface area contributed by atoms with E-state index in [1.165, 1.54) is 12.4 Å². The molecule has 3 N–H and O–H groups in total. The van der Waals surface area contributed by atoms with Crippen molar-refractivity contribution < 1.29 is 9.90 Å². The highest BCUT2D eigenvalue weighted by Gasteiger charge is 2.25. The number of aromatic hydroxyl groups is 1. The fourth-order valence-corrected chi connectivity index (χ4v) is 2.18. The molecule has 5 nitrogen and oxygen atoms in total. The van der Waals surface area contributed by atoms with Crippen LogP contribution in [0.15, 0.2) is 18.5 Å². The Labute approximate surface area is 100 Å². The lowest BCUT2D eigenvalue weighted by Crippen LogP contribution is -2.42. The molecule has 1 aliphatic rings. The van der Waals surface area contributed by atoms with E-state index < -0.39 is 0 Å². The van der Waals surface area contributed by atoms with E-state index in [2.05, 4.69) is 4.98 Å². The zero-order chi connectivity index (χ0) is 12.3. The summed E-state index contributed by atoms with van der Waals surface area (Å²) >= 11 is 0. The van der Waals surface area contributed by atoms with Gasteiger partial charge in [0, 0.05) is 19.3 Å². The smallest absolute Gasteiger partial charge is 0.257 e. The fourth-order valence-electron chi connectivity index (χ4n) is 2.18. The number of aromatic nitrogens is 1. The van der Waals surface area contributed by atoms with Crippen LogP contribution in [0, 0.1) is 5.92 Å². The zero-order valence-electron chi connectivity index (χ0n) is 9.67. The summed E-state index contributed by atoms with van der Waals surface area (Å²) in [5.74, 6) is 0.173. The van der Waals surface area contributed by atoms with Crippen molar-refractivity contribution >= 4 is 5.91 Å². The molecular weight excluding hydrogens is 218 g/mol. The number of pyridine rings is 1. The van der Waals surface area contributed by atoms with Crippen LogP contribution in [0.1, 0.15) is 23.2 Å². The van der Waals surface area contributed by atoms with E-state index in [1.807, 2.05) is 0 Å². The third-order valence-electron chi connectivity index (χ3n) is 3.17. The summed E-state index contributed by atoms with van der Waals surface area (Å²) in [6.07, 6.45) is 4.84. The molecule has 0 saturated carbocycles. The first-order valence-corrected chi connectivity index (χ1v) is 5.84. The van der Waals surface area contributed by atoms with Gasteiger partial charge in [0.25, 0.3) is 5.91 Å². The van der Waals surface area contributed by atoms with Crippen LogP contribution in [0.5, 0.6) is 5.75 Å². The molecule has 0 spiro atoms. The SMILES string of the molecule is NCC1CCCN(C(=O)c2ccncc2O)C1. The second-order valence-electron chi connectivity index (χ2n) is 4.39. The minimum absolute atomic E-state index is 0.0626. The van der Waals surface area contributed by atoms with Crippen LogP contribution in [0.2, 0.25) is 0 Å². The van der Waals surface area contributed by atoms with Gasteiger partial charge >= 0.3 is 0 Å². The Balaban J connectivity index is 2.12. The van der Waals surface area contributed by atoms with Crippen molar-refractivity contribution in [3.05, 3.63) is 24.0 Å². The number of likely N-dealkylation sites (tertiary alicyclic amines) is 1. The summed E-state index contributed by atoms with van der Waals surface area (Å²) in [7, 11) is 0. The van der Waals surface area contributed by atoms with E-state index in [0.29, 0.717) is 24.6 Å². The third-order valence-corrected chi connectivity index (χ3v) is 3.17. The van der Waals surface area contributed by atoms with Gasteiger partial charge in [-0.2, -0.15) is 0 Å². The summed E-state index contributed by atoms with van der Waals surface area (Å²) in [5, 5.41) is 9.60. The van der Waals surface area contributed by atoms with Crippen LogP contribution < -0.4 is 5.73 Å². The number of carbonyl (C=O) groups is 1. The van der Waals surface area contributed by atoms with E-state index in [0.717, 1.165) is 19.4 Å². The van der Waals surface area contributed by atoms with Crippen molar-refractivity contribution in [3.63, 3.8) is 0 Å². The van der Waals surface area contributed by atoms with Crippen molar-refractivity contribution in [2.75, 3.05) is 19.6 Å². The van der Waals surface area contributed by atoms with Crippen molar-refractivity contribution in [2.45, 2.75) is 12.8 Å². The second-order valence-corrected chi connectivity index (χ2v) is 4.39. The molecule has 1 amide bonds. The third kappa shape index (κ3) is 2.55. The summed E-state index contributed by atoms with van der Waals surface area (Å²) in [4.78, 5) is 17.7. The molecule has 1 aromatic rings. The zero-order valence-corrected chi connectivity index (χ0v) is 9.67. The topological polar surface area (TPSA) is 79.5 Å². The number of hydrogen-bond acceptors (Lipinski definition) is 4. The van der Waals surface area contributed by atoms with Crippen LogP contribution in [0.3, 0.4) is 0 Å². The molecule has 0 aromatic carbocycles. The standard InChI is InChI=1S/C12H17N3O2/c13-6-9-2-1-5-15(8-9)12(17)10-3-4-14-7-11(10)16/h3-4,7,9,16H,1-2,5-6,8,13H2. The number of carbonyl (C=O) groups excluding carboxylic acids is 1. The van der Waals surface area contributed by atoms with Gasteiger partial charge in [0.05, 0.1) is 11.8 Å². The maximum absolute atomic E-state index is 12.2. The Morgan fingerprint density at radius 1 is 1.65 bits per heavy atom. The molecule has 1 unspecified atom stereocenters. The van der Waals surface area contributed by atoms with Crippen LogP contribution in [0.4, 0.5) is 0 Å². The molecule has 2 rings (SSSR count). The van der Waals surface area contributed by atoms with E-state index in [9.17, 15) is 9.90 Å². The van der Waals surface area contributed by atoms with Gasteiger partial charge in [-0.25, -0.2) is 0 Å². The van der Waals surface area contributed by atoms with Crippen molar-refractivity contribution in [1.29, 1.82) is 0 Å². The van der Waals surface area contributed by atoms with E-state index in [1.54, 1.807) is 11.0 Å². The van der Waals surface area contributed by atoms with Crippen LogP contribution in [-0.2, 0) is 0 Å². The predicted molar refractivity (Wildman–Crippen MR) is 63.6 cm³/mol. The van der Waals surface area contributed by atoms with Gasteiger partial charge in [0.2, 0.25) is 0 Å². The molecule has 1 saturated heterocycles. The van der Waals surface area contributed by atoms with Crippen molar-refractivity contribution in [1.82, 2.24) is 9.88 Å². The van der Waals surface area contributed by atoms with E-state index in [4.69, 9.17) is 5.73 Å². The Kier molecular flexibility index (Phi) is 3.58. The number of amides is 1. The van der Waals surface area contributed by atoms with Crippen LogP contribution in [0.25, 0.3) is 0 Å². The lowest BCUT2D eigenvalue weighted by atomic mass is 9.97. The summed E-state index contributed by atoms with van der Waals surface area (Å²) in [6, 6.07) is 1.55. The molecule has 92 valence electrons. The molecule has 0 bridgehead atoms. The van der Waals surface area contributed by atoms with Gasteiger partial charge in [-0.05, 0) is 31.4 Å². The quantitative estimate of drug-likeness (QED) is 0.786. The average Bonchev–Trinajstić information content (AvgIpc) is 2.38. The Morgan fingerprint density at radius 2 is 2.47 bits per heavy atom. The van der Waals surface area contributed by atoms with Crippen molar-refractivity contribution in [3.8, 4) is 5.75 Å². The maximum Gasteiger partial charge on any atom is 0.257 e. The molecule has 1 aliphatic heterocycles. The molecule has 1 atom stereocenters. The van der Waals surface area contributed by atoms with Gasteiger partial charge in [-0.15, -0.1) is 0 Å². The number of piperidine rings is 1. The van der Waals surface area contributed by atoms with E-state index >= 15 is 0 Å². The van der Waals surface area contributed by atoms with Gasteiger partial charge in [0.1, 0.15) is 5.75 Å². The normalized spacial score (nSPS) is 20.3. The maximum atomic E-state index is 12.2. The van der Waals surface area contributed by atoms with Gasteiger partial charge in [0.15, 0.2) is 0 Å². The molecule has 5 heteroatoms. The van der Waals surface area contributed by atoms with Gasteiger partial charge in [-0.3, -0.25) is 9.78 Å². The average molecular weight is 235 g/mol. The number of hydrogen-bond donors (Lipinski definition) is 2. The molecule has 1 fully saturated rings. The minimum atomic E-state index is -0.136. The first-order valence-electron chi connectivity index (χ1n) is 5.84. The Hall–Kier alpha value is -1.62. The number of nitrogens with zero attached hydrogens (tertiary/aromatic N) is 2. The molecular formula is C12H17N3O2. The molecule has 17 heavy (non-hydrogen) atoms. The first kappa shape index (κ1) is 11.9. The highest BCUT2D eigenvalue weighted by Crippen LogP contribution is 2.21. The molecule has 0 radical (unpaired) electrons. The van der Waals surface area contributed by atoms with Crippen LogP contribution >= 0.6 is 0 Å². The monoisotopic (exact) mass is 235 g/mol. The minimum Gasteiger partial charge on any atom is -0.505 e. The lowest BCUT2D eigenvalue weighted by molar-refractivity contribution is 0.0675. The van der Waals surface area contributed by atoms with Gasteiger partial charge < -0.3 is 15.7 Å². The highest BCUT2D eigenvalue weighted by atomic mass is 16.3. The Bertz CT molecular complexity index is 408. The molecule has 2 heterocycles. The molecule has 1 aromatic heterocycles. The summed E-state index contributed by atoms with van der Waals surface area (Å²) < 4.78 is 0. The largest absolute Gasteiger partial charge is 0.505 e. The van der Waals surface area contributed by atoms with Crippen LogP contribution in [-0.4, -0.2) is 40.5 Å². The fraction of sp³-hybridized carbons (Fsp3) is 0.500. The van der Waals surface area contributed by atoms with Crippen molar-refractivity contribution in [2.24, 2.45) is 11.7 Å². The lowest BCUT2D eigenvalue weighted by Gasteiger charge is -2.32. The highest BCUT2D eigenvalue weighted by molar-refractivity contribution is 5.96. The summed E-state index contributed by atoms with van der Waals surface area (Å²) in [5.41, 5.74) is 5.95. The second kappa shape index (κ2) is 5.14. The summed E-state index contributed by atoms with van der Waals surface area (Å²) in [6.45, 7) is 2.01.